The molecule has 0 bridgehead atoms. The Morgan fingerprint density at radius 2 is 1.86 bits per heavy atom. The molecule has 28 heavy (non-hydrogen) atoms. The molecule has 3 rings (SSSR count). The van der Waals surface area contributed by atoms with Crippen LogP contribution in [0.5, 0.6) is 0 Å². The third-order valence-electron chi connectivity index (χ3n) is 5.38. The van der Waals surface area contributed by atoms with Crippen molar-refractivity contribution in [2.75, 3.05) is 18.0 Å². The number of carbonyl (C=O) groups is 2. The first-order valence-corrected chi connectivity index (χ1v) is 9.89. The van der Waals surface area contributed by atoms with Crippen molar-refractivity contribution in [2.45, 2.75) is 45.7 Å². The van der Waals surface area contributed by atoms with Crippen LogP contribution in [0.1, 0.15) is 49.5 Å². The van der Waals surface area contributed by atoms with Gasteiger partial charge < -0.3 is 9.80 Å². The SMILES string of the molecule is CC(C)(C)N(Cc1cccnc1)C(=O)C1CCN(c2ccc(C=O)cc2)CC1. The lowest BCUT2D eigenvalue weighted by atomic mass is 9.92. The van der Waals surface area contributed by atoms with Gasteiger partial charge in [0.25, 0.3) is 0 Å². The monoisotopic (exact) mass is 379 g/mol. The summed E-state index contributed by atoms with van der Waals surface area (Å²) in [6.45, 7) is 8.55. The zero-order valence-corrected chi connectivity index (χ0v) is 17.0. The Hall–Kier alpha value is -2.69. The van der Waals surface area contributed by atoms with Gasteiger partial charge in [-0.2, -0.15) is 0 Å². The summed E-state index contributed by atoms with van der Waals surface area (Å²) in [4.78, 5) is 32.6. The number of carbonyl (C=O) groups excluding carboxylic acids is 2. The minimum absolute atomic E-state index is 0.0430. The lowest BCUT2D eigenvalue weighted by Gasteiger charge is -2.40. The number of amides is 1. The van der Waals surface area contributed by atoms with Crippen molar-refractivity contribution in [3.8, 4) is 0 Å². The zero-order chi connectivity index (χ0) is 20.1. The molecule has 0 aliphatic carbocycles. The van der Waals surface area contributed by atoms with Gasteiger partial charge in [-0.3, -0.25) is 14.6 Å². The number of anilines is 1. The van der Waals surface area contributed by atoms with Crippen LogP contribution in [-0.2, 0) is 11.3 Å². The number of rotatable bonds is 5. The molecule has 5 heteroatoms. The number of nitrogens with zero attached hydrogens (tertiary/aromatic N) is 3. The summed E-state index contributed by atoms with van der Waals surface area (Å²) in [5, 5.41) is 0. The van der Waals surface area contributed by atoms with Gasteiger partial charge in [-0.05, 0) is 69.5 Å². The standard InChI is InChI=1S/C23H29N3O2/c1-23(2,3)26(16-19-5-4-12-24-15-19)22(28)20-10-13-25(14-11-20)21-8-6-18(17-27)7-9-21/h4-9,12,15,17,20H,10-11,13-14,16H2,1-3H3. The van der Waals surface area contributed by atoms with Gasteiger partial charge in [0.15, 0.2) is 0 Å². The molecule has 0 unspecified atom stereocenters. The number of aldehydes is 1. The van der Waals surface area contributed by atoms with E-state index in [1.165, 1.54) is 0 Å². The first kappa shape index (κ1) is 20.1. The van der Waals surface area contributed by atoms with E-state index < -0.39 is 0 Å². The second-order valence-corrected chi connectivity index (χ2v) is 8.43. The topological polar surface area (TPSA) is 53.5 Å². The van der Waals surface area contributed by atoms with E-state index in [-0.39, 0.29) is 17.4 Å². The Labute approximate surface area is 167 Å². The van der Waals surface area contributed by atoms with Crippen molar-refractivity contribution in [1.82, 2.24) is 9.88 Å². The van der Waals surface area contributed by atoms with Gasteiger partial charge in [-0.15, -0.1) is 0 Å². The van der Waals surface area contributed by atoms with E-state index in [1.807, 2.05) is 47.5 Å². The number of aromatic nitrogens is 1. The Bertz CT molecular complexity index is 789. The third kappa shape index (κ3) is 4.77. The van der Waals surface area contributed by atoms with Crippen LogP contribution in [0.2, 0.25) is 0 Å². The maximum Gasteiger partial charge on any atom is 0.226 e. The summed E-state index contributed by atoms with van der Waals surface area (Å²) in [6, 6.07) is 11.6. The highest BCUT2D eigenvalue weighted by molar-refractivity contribution is 5.80. The Kier molecular flexibility index (Phi) is 6.12. The molecule has 1 aliphatic heterocycles. The van der Waals surface area contributed by atoms with Crippen molar-refractivity contribution in [1.29, 1.82) is 0 Å². The van der Waals surface area contributed by atoms with Crippen molar-refractivity contribution in [2.24, 2.45) is 5.92 Å². The largest absolute Gasteiger partial charge is 0.371 e. The predicted molar refractivity (Wildman–Crippen MR) is 111 cm³/mol. The second-order valence-electron chi connectivity index (χ2n) is 8.43. The summed E-state index contributed by atoms with van der Waals surface area (Å²) >= 11 is 0. The molecule has 5 nitrogen and oxygen atoms in total. The van der Waals surface area contributed by atoms with E-state index in [1.54, 1.807) is 6.20 Å². The van der Waals surface area contributed by atoms with Crippen molar-refractivity contribution in [3.63, 3.8) is 0 Å². The number of hydrogen-bond acceptors (Lipinski definition) is 4. The fourth-order valence-corrected chi connectivity index (χ4v) is 3.69. The van der Waals surface area contributed by atoms with Crippen LogP contribution in [0.4, 0.5) is 5.69 Å². The van der Waals surface area contributed by atoms with E-state index >= 15 is 0 Å². The van der Waals surface area contributed by atoms with Gasteiger partial charge in [0.1, 0.15) is 6.29 Å². The van der Waals surface area contributed by atoms with Gasteiger partial charge in [0.05, 0.1) is 0 Å². The van der Waals surface area contributed by atoms with Gasteiger partial charge in [-0.1, -0.05) is 6.07 Å². The molecule has 0 radical (unpaired) electrons. The molecule has 0 N–H and O–H groups in total. The van der Waals surface area contributed by atoms with E-state index in [9.17, 15) is 9.59 Å². The minimum Gasteiger partial charge on any atom is -0.371 e. The van der Waals surface area contributed by atoms with Gasteiger partial charge >= 0.3 is 0 Å². The summed E-state index contributed by atoms with van der Waals surface area (Å²) < 4.78 is 0. The fourth-order valence-electron chi connectivity index (χ4n) is 3.69. The van der Waals surface area contributed by atoms with E-state index in [2.05, 4.69) is 30.7 Å². The van der Waals surface area contributed by atoms with E-state index in [4.69, 9.17) is 0 Å². The molecule has 2 heterocycles. The van der Waals surface area contributed by atoms with Gasteiger partial charge in [-0.25, -0.2) is 0 Å². The van der Waals surface area contributed by atoms with E-state index in [0.717, 1.165) is 43.5 Å². The van der Waals surface area contributed by atoms with Gasteiger partial charge in [0, 0.05) is 54.7 Å². The van der Waals surface area contributed by atoms with Crippen LogP contribution >= 0.6 is 0 Å². The normalized spacial score (nSPS) is 15.3. The Morgan fingerprint density at radius 1 is 1.18 bits per heavy atom. The summed E-state index contributed by atoms with van der Waals surface area (Å²) in [5.41, 5.74) is 2.61. The molecule has 1 amide bonds. The Balaban J connectivity index is 1.65. The Morgan fingerprint density at radius 3 is 2.39 bits per heavy atom. The third-order valence-corrected chi connectivity index (χ3v) is 5.38. The molecule has 1 aromatic carbocycles. The smallest absolute Gasteiger partial charge is 0.226 e. The quantitative estimate of drug-likeness (QED) is 0.739. The first-order chi connectivity index (χ1) is 13.4. The fraction of sp³-hybridized carbons (Fsp3) is 0.435. The molecular formula is C23H29N3O2. The molecule has 148 valence electrons. The molecule has 1 saturated heterocycles. The van der Waals surface area contributed by atoms with Crippen LogP contribution in [-0.4, -0.2) is 40.7 Å². The molecular weight excluding hydrogens is 350 g/mol. The summed E-state index contributed by atoms with van der Waals surface area (Å²) in [6.07, 6.45) is 6.13. The van der Waals surface area contributed by atoms with Crippen LogP contribution in [0.15, 0.2) is 48.8 Å². The molecule has 0 spiro atoms. The van der Waals surface area contributed by atoms with Crippen LogP contribution < -0.4 is 4.90 Å². The number of piperidine rings is 1. The molecule has 1 aromatic heterocycles. The average molecular weight is 380 g/mol. The highest BCUT2D eigenvalue weighted by Crippen LogP contribution is 2.28. The maximum absolute atomic E-state index is 13.3. The lowest BCUT2D eigenvalue weighted by molar-refractivity contribution is -0.142. The van der Waals surface area contributed by atoms with Crippen molar-refractivity contribution < 1.29 is 9.59 Å². The van der Waals surface area contributed by atoms with Gasteiger partial charge in [0.2, 0.25) is 5.91 Å². The highest BCUT2D eigenvalue weighted by atomic mass is 16.2. The zero-order valence-electron chi connectivity index (χ0n) is 17.0. The maximum atomic E-state index is 13.3. The second kappa shape index (κ2) is 8.55. The van der Waals surface area contributed by atoms with Crippen molar-refractivity contribution >= 4 is 17.9 Å². The molecule has 2 aromatic rings. The minimum atomic E-state index is -0.241. The lowest BCUT2D eigenvalue weighted by Crippen LogP contribution is -2.49. The molecule has 0 atom stereocenters. The molecule has 0 saturated carbocycles. The number of hydrogen-bond donors (Lipinski definition) is 0. The van der Waals surface area contributed by atoms with Crippen LogP contribution in [0.3, 0.4) is 0 Å². The molecule has 1 aliphatic rings. The number of pyridine rings is 1. The summed E-state index contributed by atoms with van der Waals surface area (Å²) in [7, 11) is 0. The van der Waals surface area contributed by atoms with E-state index in [0.29, 0.717) is 12.1 Å². The summed E-state index contributed by atoms with van der Waals surface area (Å²) in [5.74, 6) is 0.272. The van der Waals surface area contributed by atoms with Crippen LogP contribution in [0, 0.1) is 5.92 Å². The molecule has 1 fully saturated rings. The highest BCUT2D eigenvalue weighted by Gasteiger charge is 2.33. The first-order valence-electron chi connectivity index (χ1n) is 9.89. The predicted octanol–water partition coefficient (Wildman–Crippen LogP) is 3.94. The average Bonchev–Trinajstić information content (AvgIpc) is 2.72. The van der Waals surface area contributed by atoms with Crippen molar-refractivity contribution in [3.05, 3.63) is 59.9 Å². The number of benzene rings is 1. The van der Waals surface area contributed by atoms with Crippen LogP contribution in [0.25, 0.3) is 0 Å².